The van der Waals surface area contributed by atoms with Crippen molar-refractivity contribution in [2.24, 2.45) is 0 Å². The first-order valence-corrected chi connectivity index (χ1v) is 12.0. The number of nitrogens with one attached hydrogen (secondary N) is 1. The van der Waals surface area contributed by atoms with E-state index < -0.39 is 54.7 Å². The van der Waals surface area contributed by atoms with Gasteiger partial charge in [0.25, 0.3) is 5.89 Å². The van der Waals surface area contributed by atoms with Crippen molar-refractivity contribution in [1.29, 1.82) is 0 Å². The number of hydrogen-bond donors (Lipinski definition) is 2. The van der Waals surface area contributed by atoms with Crippen molar-refractivity contribution in [3.05, 3.63) is 86.9 Å². The van der Waals surface area contributed by atoms with Crippen LogP contribution in [0.4, 0.5) is 26.3 Å². The molecule has 0 radical (unpaired) electrons. The summed E-state index contributed by atoms with van der Waals surface area (Å²) in [5.74, 6) is -1.42. The third kappa shape index (κ3) is 6.94. The maximum absolute atomic E-state index is 13.3. The van der Waals surface area contributed by atoms with Gasteiger partial charge in [0.05, 0.1) is 12.1 Å². The van der Waals surface area contributed by atoms with Crippen molar-refractivity contribution in [3.63, 3.8) is 0 Å². The topological polar surface area (TPSA) is 128 Å². The number of aryl methyl sites for hydroxylation is 1. The Morgan fingerprint density at radius 3 is 2.39 bits per heavy atom. The summed E-state index contributed by atoms with van der Waals surface area (Å²) in [6, 6.07) is 8.11. The third-order valence-electron chi connectivity index (χ3n) is 5.69. The van der Waals surface area contributed by atoms with Gasteiger partial charge in [0.2, 0.25) is 5.91 Å². The van der Waals surface area contributed by atoms with Gasteiger partial charge in [-0.15, -0.1) is 5.10 Å². The second-order valence-electron chi connectivity index (χ2n) is 8.74. The van der Waals surface area contributed by atoms with Crippen LogP contribution in [0.1, 0.15) is 28.9 Å². The van der Waals surface area contributed by atoms with Crippen LogP contribution in [0.5, 0.6) is 0 Å². The van der Waals surface area contributed by atoms with E-state index in [0.29, 0.717) is 9.25 Å². The van der Waals surface area contributed by atoms with E-state index in [1.165, 1.54) is 37.3 Å². The average Bonchev–Trinajstić information content (AvgIpc) is 3.45. The first kappa shape index (κ1) is 29.8. The van der Waals surface area contributed by atoms with E-state index in [-0.39, 0.29) is 33.7 Å². The van der Waals surface area contributed by atoms with Gasteiger partial charge in [0.1, 0.15) is 12.6 Å². The minimum Gasteiger partial charge on any atom is -0.382 e. The van der Waals surface area contributed by atoms with Crippen LogP contribution in [0.2, 0.25) is 5.02 Å². The molecule has 41 heavy (non-hydrogen) atoms. The molecule has 4 rings (SSSR count). The number of halogens is 7. The maximum Gasteiger partial charge on any atom is 0.416 e. The molecule has 0 aliphatic carbocycles. The van der Waals surface area contributed by atoms with Crippen molar-refractivity contribution in [2.75, 3.05) is 0 Å². The Balaban J connectivity index is 1.68. The molecule has 0 spiro atoms. The Morgan fingerprint density at radius 1 is 1.12 bits per heavy atom. The van der Waals surface area contributed by atoms with Gasteiger partial charge in [-0.2, -0.15) is 31.3 Å². The fourth-order valence-electron chi connectivity index (χ4n) is 3.75. The van der Waals surface area contributed by atoms with Crippen molar-refractivity contribution in [2.45, 2.75) is 44.5 Å². The molecule has 0 aliphatic heterocycles. The number of carbonyl (C=O) groups is 1. The van der Waals surface area contributed by atoms with Gasteiger partial charge in [-0.25, -0.2) is 9.48 Å². The number of amides is 1. The largest absolute Gasteiger partial charge is 0.416 e. The summed E-state index contributed by atoms with van der Waals surface area (Å²) in [7, 11) is 0. The van der Waals surface area contributed by atoms with Gasteiger partial charge in [-0.1, -0.05) is 28.9 Å². The molecule has 10 nitrogen and oxygen atoms in total. The second kappa shape index (κ2) is 11.4. The van der Waals surface area contributed by atoms with Gasteiger partial charge in [-0.3, -0.25) is 9.36 Å². The highest BCUT2D eigenvalue weighted by Crippen LogP contribution is 2.32. The van der Waals surface area contributed by atoms with E-state index in [1.807, 2.05) is 0 Å². The molecule has 2 atom stereocenters. The SMILES string of the molecule is Cc1noc(C(NC(=O)Cn2nc(-c3ccc(Cl)cc3)n(C[C@H](O)C(F)(F)F)c2=O)c2cccc(C(F)(F)F)c2)n1. The Labute approximate surface area is 231 Å². The summed E-state index contributed by atoms with van der Waals surface area (Å²) >= 11 is 5.86. The lowest BCUT2D eigenvalue weighted by atomic mass is 10.0. The summed E-state index contributed by atoms with van der Waals surface area (Å²) in [5, 5.41) is 19.8. The van der Waals surface area contributed by atoms with Crippen LogP contribution >= 0.6 is 11.6 Å². The Hall–Kier alpha value is -4.18. The van der Waals surface area contributed by atoms with Crippen molar-refractivity contribution >= 4 is 17.5 Å². The monoisotopic (exact) mass is 604 g/mol. The van der Waals surface area contributed by atoms with Gasteiger partial charge in [0, 0.05) is 10.6 Å². The molecule has 0 aliphatic rings. The van der Waals surface area contributed by atoms with E-state index in [1.54, 1.807) is 0 Å². The van der Waals surface area contributed by atoms with Gasteiger partial charge >= 0.3 is 18.0 Å². The van der Waals surface area contributed by atoms with Crippen molar-refractivity contribution < 1.29 is 40.8 Å². The fourth-order valence-corrected chi connectivity index (χ4v) is 3.88. The van der Waals surface area contributed by atoms with Crippen LogP contribution in [0, 0.1) is 6.92 Å². The maximum atomic E-state index is 13.3. The summed E-state index contributed by atoms with van der Waals surface area (Å²) in [4.78, 5) is 30.0. The zero-order valence-electron chi connectivity index (χ0n) is 20.7. The normalized spacial score (nSPS) is 13.7. The van der Waals surface area contributed by atoms with E-state index in [0.717, 1.165) is 18.2 Å². The highest BCUT2D eigenvalue weighted by atomic mass is 35.5. The number of rotatable bonds is 8. The minimum absolute atomic E-state index is 0.0788. The van der Waals surface area contributed by atoms with Gasteiger partial charge < -0.3 is 14.9 Å². The van der Waals surface area contributed by atoms with E-state index in [9.17, 15) is 41.0 Å². The first-order valence-electron chi connectivity index (χ1n) is 11.6. The van der Waals surface area contributed by atoms with Gasteiger partial charge in [0.15, 0.2) is 17.8 Å². The Bertz CT molecular complexity index is 1600. The number of aromatic nitrogens is 5. The average molecular weight is 605 g/mol. The smallest absolute Gasteiger partial charge is 0.382 e. The molecule has 17 heteroatoms. The zero-order valence-corrected chi connectivity index (χ0v) is 21.5. The molecule has 0 bridgehead atoms. The van der Waals surface area contributed by atoms with Crippen LogP contribution in [-0.2, 0) is 24.1 Å². The number of carbonyl (C=O) groups excluding carboxylic acids is 1. The predicted octanol–water partition coefficient (Wildman–Crippen LogP) is 3.90. The molecule has 2 heterocycles. The summed E-state index contributed by atoms with van der Waals surface area (Å²) in [6.45, 7) is -0.648. The van der Waals surface area contributed by atoms with E-state index >= 15 is 0 Å². The quantitative estimate of drug-likeness (QED) is 0.292. The Kier molecular flexibility index (Phi) is 8.26. The van der Waals surface area contributed by atoms with E-state index in [2.05, 4.69) is 20.6 Å². The van der Waals surface area contributed by atoms with Crippen molar-refractivity contribution in [1.82, 2.24) is 29.8 Å². The lowest BCUT2D eigenvalue weighted by molar-refractivity contribution is -0.207. The third-order valence-corrected chi connectivity index (χ3v) is 5.95. The fraction of sp³-hybridized carbons (Fsp3) is 0.292. The highest BCUT2D eigenvalue weighted by molar-refractivity contribution is 6.30. The summed E-state index contributed by atoms with van der Waals surface area (Å²) in [6.07, 6.45) is -12.7. The molecule has 2 aromatic carbocycles. The lowest BCUT2D eigenvalue weighted by Gasteiger charge is -2.17. The Morgan fingerprint density at radius 2 is 1.80 bits per heavy atom. The lowest BCUT2D eigenvalue weighted by Crippen LogP contribution is -2.39. The van der Waals surface area contributed by atoms with Crippen LogP contribution in [0.25, 0.3) is 11.4 Å². The number of alkyl halides is 6. The number of aliphatic hydroxyl groups excluding tert-OH is 1. The number of benzene rings is 2. The summed E-state index contributed by atoms with van der Waals surface area (Å²) < 4.78 is 85.3. The molecule has 1 unspecified atom stereocenters. The predicted molar refractivity (Wildman–Crippen MR) is 129 cm³/mol. The molecule has 2 aromatic heterocycles. The second-order valence-corrected chi connectivity index (χ2v) is 9.18. The number of hydrogen-bond acceptors (Lipinski definition) is 7. The van der Waals surface area contributed by atoms with Crippen LogP contribution in [0.15, 0.2) is 57.8 Å². The molecule has 218 valence electrons. The zero-order chi connectivity index (χ0) is 30.1. The molecule has 1 amide bonds. The highest BCUT2D eigenvalue weighted by Gasteiger charge is 2.39. The summed E-state index contributed by atoms with van der Waals surface area (Å²) in [5.41, 5.74) is -2.11. The molecule has 0 saturated heterocycles. The van der Waals surface area contributed by atoms with Crippen LogP contribution in [-0.4, -0.2) is 47.8 Å². The molecule has 0 fully saturated rings. The standard InChI is InChI=1S/C24H19ClF6N6O4/c1-12-32-21(41-35-12)19(14-3-2-4-15(9-14)23(26,27)28)33-18(39)11-37-22(40)36(10-17(38)24(29,30)31)20(34-37)13-5-7-16(25)8-6-13/h2-9,17,19,38H,10-11H2,1H3,(H,33,39)/t17-,19?/m0/s1. The van der Waals surface area contributed by atoms with Gasteiger partial charge in [-0.05, 0) is 48.9 Å². The molecular formula is C24H19ClF6N6O4. The van der Waals surface area contributed by atoms with E-state index in [4.69, 9.17) is 16.1 Å². The number of nitrogens with zero attached hydrogens (tertiary/aromatic N) is 5. The van der Waals surface area contributed by atoms with Crippen LogP contribution < -0.4 is 11.0 Å². The molecular weight excluding hydrogens is 586 g/mol. The van der Waals surface area contributed by atoms with Crippen LogP contribution in [0.3, 0.4) is 0 Å². The number of aliphatic hydroxyl groups is 1. The first-order chi connectivity index (χ1) is 19.1. The molecule has 4 aromatic rings. The molecule has 2 N–H and O–H groups in total. The molecule has 0 saturated carbocycles. The van der Waals surface area contributed by atoms with Crippen molar-refractivity contribution in [3.8, 4) is 11.4 Å². The minimum atomic E-state index is -5.06.